The number of carbonyl (C=O) groups is 2. The number of sulfonamides is 1. The lowest BCUT2D eigenvalue weighted by Crippen LogP contribution is -2.34. The number of hydrogen-bond acceptors (Lipinski definition) is 7. The maximum absolute atomic E-state index is 12.1. The zero-order valence-corrected chi connectivity index (χ0v) is 16.1. The molecule has 2 aromatic rings. The van der Waals surface area contributed by atoms with E-state index in [1.54, 1.807) is 42.5 Å². The van der Waals surface area contributed by atoms with Crippen LogP contribution in [0.5, 0.6) is 0 Å². The number of ether oxygens (including phenoxy) is 1. The van der Waals surface area contributed by atoms with Gasteiger partial charge in [0.15, 0.2) is 12.4 Å². The average Bonchev–Trinajstić information content (AvgIpc) is 2.98. The first kappa shape index (κ1) is 20.0. The maximum Gasteiger partial charge on any atom is 0.326 e. The monoisotopic (exact) mass is 412 g/mol. The summed E-state index contributed by atoms with van der Waals surface area (Å²) >= 11 is 0. The summed E-state index contributed by atoms with van der Waals surface area (Å²) in [7, 11) is -2.28. The molecule has 0 saturated heterocycles. The number of carbonyl (C=O) groups excluding carboxylic acids is 2. The smallest absolute Gasteiger partial charge is 0.326 e. The van der Waals surface area contributed by atoms with E-state index in [1.807, 2.05) is 6.07 Å². The number of nitrogens with one attached hydrogen (secondary N) is 1. The molecule has 1 heterocycles. The summed E-state index contributed by atoms with van der Waals surface area (Å²) in [6.45, 7) is -0.791. The number of likely N-dealkylation sites (N-methyl/N-ethyl adjacent to an activating group) is 1. The van der Waals surface area contributed by atoms with E-state index in [-0.39, 0.29) is 17.3 Å². The molecule has 10 heteroatoms. The highest BCUT2D eigenvalue weighted by Crippen LogP contribution is 2.26. The molecule has 0 atom stereocenters. The largest absolute Gasteiger partial charge is 0.454 e. The Morgan fingerprint density at radius 2 is 1.86 bits per heavy atom. The molecular weight excluding hydrogens is 396 g/mol. The van der Waals surface area contributed by atoms with E-state index < -0.39 is 28.5 Å². The Bertz CT molecular complexity index is 1130. The molecule has 0 aromatic heterocycles. The van der Waals surface area contributed by atoms with Gasteiger partial charge in [0.25, 0.3) is 15.9 Å². The second-order valence-corrected chi connectivity index (χ2v) is 7.71. The molecule has 0 bridgehead atoms. The number of nitriles is 1. The Morgan fingerprint density at radius 1 is 1.17 bits per heavy atom. The first-order valence-corrected chi connectivity index (χ1v) is 9.85. The number of hydrogen-bond donors (Lipinski definition) is 1. The van der Waals surface area contributed by atoms with Crippen LogP contribution in [0.25, 0.3) is 0 Å². The Kier molecular flexibility index (Phi) is 5.61. The highest BCUT2D eigenvalue weighted by molar-refractivity contribution is 7.90. The normalized spacial score (nSPS) is 13.6. The number of benzene rings is 2. The van der Waals surface area contributed by atoms with Gasteiger partial charge in [0.05, 0.1) is 11.6 Å². The fourth-order valence-corrected chi connectivity index (χ4v) is 3.90. The van der Waals surface area contributed by atoms with Crippen molar-refractivity contribution in [1.82, 2.24) is 4.90 Å². The second-order valence-electron chi connectivity index (χ2n) is 6.14. The molecule has 0 saturated carbocycles. The van der Waals surface area contributed by atoms with Crippen molar-refractivity contribution in [3.63, 3.8) is 0 Å². The van der Waals surface area contributed by atoms with Gasteiger partial charge in [-0.05, 0) is 36.4 Å². The third-order valence-corrected chi connectivity index (χ3v) is 5.33. The fraction of sp³-hybridized carbons (Fsp3) is 0.158. The lowest BCUT2D eigenvalue weighted by Gasteiger charge is -2.17. The molecule has 1 aliphatic heterocycles. The van der Waals surface area contributed by atoms with Crippen LogP contribution in [0.1, 0.15) is 11.1 Å². The zero-order chi connectivity index (χ0) is 21.0. The molecular formula is C19H16N4O5S. The van der Waals surface area contributed by atoms with Gasteiger partial charge in [-0.1, -0.05) is 12.1 Å². The number of rotatable bonds is 5. The third kappa shape index (κ3) is 4.59. The number of amides is 1. The maximum atomic E-state index is 12.1. The first-order chi connectivity index (χ1) is 13.8. The molecule has 0 aliphatic carbocycles. The minimum atomic E-state index is -3.79. The van der Waals surface area contributed by atoms with Crippen molar-refractivity contribution in [1.29, 1.82) is 5.26 Å². The van der Waals surface area contributed by atoms with Gasteiger partial charge in [-0.3, -0.25) is 9.59 Å². The third-order valence-electron chi connectivity index (χ3n) is 4.00. The van der Waals surface area contributed by atoms with E-state index in [1.165, 1.54) is 18.0 Å². The summed E-state index contributed by atoms with van der Waals surface area (Å²) < 4.78 is 32.8. The number of nitrogens with zero attached hydrogens (tertiary/aromatic N) is 3. The SMILES string of the molecule is CN(CC(=O)OCC(=O)Nc1ccc(C#N)cc1)C1=NS(=O)(=O)c2ccccc21. The van der Waals surface area contributed by atoms with Crippen LogP contribution in [-0.4, -0.2) is 51.2 Å². The lowest BCUT2D eigenvalue weighted by molar-refractivity contribution is -0.147. The first-order valence-electron chi connectivity index (χ1n) is 8.41. The standard InChI is InChI=1S/C19H16N4O5S/c1-23(19-15-4-2-3-5-16(15)29(26,27)22-19)11-18(25)28-12-17(24)21-14-8-6-13(10-20)7-9-14/h2-9H,11-12H2,1H3,(H,21,24). The molecule has 0 unspecified atom stereocenters. The number of fused-ring (bicyclic) bond motifs is 1. The molecule has 29 heavy (non-hydrogen) atoms. The number of esters is 1. The highest BCUT2D eigenvalue weighted by atomic mass is 32.2. The van der Waals surface area contributed by atoms with E-state index in [9.17, 15) is 18.0 Å². The van der Waals surface area contributed by atoms with Gasteiger partial charge < -0.3 is 15.0 Å². The molecule has 1 N–H and O–H groups in total. The average molecular weight is 412 g/mol. The molecule has 1 amide bonds. The summed E-state index contributed by atoms with van der Waals surface area (Å²) in [5.41, 5.74) is 1.32. The summed E-state index contributed by atoms with van der Waals surface area (Å²) in [5.74, 6) is -1.12. The van der Waals surface area contributed by atoms with Crippen LogP contribution in [0.4, 0.5) is 5.69 Å². The topological polar surface area (TPSA) is 129 Å². The second kappa shape index (κ2) is 8.12. The van der Waals surface area contributed by atoms with Crippen LogP contribution < -0.4 is 5.32 Å². The van der Waals surface area contributed by atoms with Crippen LogP contribution in [0, 0.1) is 11.3 Å². The Hall–Kier alpha value is -3.71. The minimum absolute atomic E-state index is 0.0806. The van der Waals surface area contributed by atoms with Gasteiger partial charge in [-0.2, -0.15) is 13.7 Å². The van der Waals surface area contributed by atoms with Gasteiger partial charge in [-0.15, -0.1) is 4.40 Å². The van der Waals surface area contributed by atoms with Gasteiger partial charge >= 0.3 is 5.97 Å². The van der Waals surface area contributed by atoms with Crippen LogP contribution in [0.15, 0.2) is 57.8 Å². The van der Waals surface area contributed by atoms with Crippen molar-refractivity contribution in [2.45, 2.75) is 4.90 Å². The van der Waals surface area contributed by atoms with Gasteiger partial charge in [0.1, 0.15) is 11.4 Å². The van der Waals surface area contributed by atoms with E-state index in [0.717, 1.165) is 0 Å². The quantitative estimate of drug-likeness (QED) is 0.729. The van der Waals surface area contributed by atoms with Crippen molar-refractivity contribution in [3.8, 4) is 6.07 Å². The molecule has 1 aliphatic rings. The summed E-state index contributed by atoms with van der Waals surface area (Å²) in [5, 5.41) is 11.3. The molecule has 0 spiro atoms. The van der Waals surface area contributed by atoms with Crippen LogP contribution in [0.2, 0.25) is 0 Å². The highest BCUT2D eigenvalue weighted by Gasteiger charge is 2.31. The van der Waals surface area contributed by atoms with E-state index >= 15 is 0 Å². The van der Waals surface area contributed by atoms with Crippen molar-refractivity contribution >= 4 is 33.4 Å². The molecule has 0 radical (unpaired) electrons. The van der Waals surface area contributed by atoms with Gasteiger partial charge in [0.2, 0.25) is 0 Å². The van der Waals surface area contributed by atoms with E-state index in [2.05, 4.69) is 9.71 Å². The van der Waals surface area contributed by atoms with Crippen molar-refractivity contribution in [2.24, 2.45) is 4.40 Å². The number of anilines is 1. The number of amidine groups is 1. The fourth-order valence-electron chi connectivity index (χ4n) is 2.65. The molecule has 3 rings (SSSR count). The van der Waals surface area contributed by atoms with E-state index in [4.69, 9.17) is 10.00 Å². The minimum Gasteiger partial charge on any atom is -0.454 e. The zero-order valence-electron chi connectivity index (χ0n) is 15.3. The van der Waals surface area contributed by atoms with Crippen LogP contribution in [0.3, 0.4) is 0 Å². The Labute approximate surface area is 167 Å². The van der Waals surface area contributed by atoms with Crippen LogP contribution >= 0.6 is 0 Å². The van der Waals surface area contributed by atoms with E-state index in [0.29, 0.717) is 16.8 Å². The predicted octanol–water partition coefficient (Wildman–Crippen LogP) is 1.12. The lowest BCUT2D eigenvalue weighted by atomic mass is 10.2. The predicted molar refractivity (Wildman–Crippen MR) is 104 cm³/mol. The van der Waals surface area contributed by atoms with Crippen molar-refractivity contribution < 1.29 is 22.7 Å². The molecule has 9 nitrogen and oxygen atoms in total. The Morgan fingerprint density at radius 3 is 2.55 bits per heavy atom. The summed E-state index contributed by atoms with van der Waals surface area (Å²) in [6.07, 6.45) is 0. The van der Waals surface area contributed by atoms with Crippen LogP contribution in [-0.2, 0) is 24.3 Å². The van der Waals surface area contributed by atoms with Crippen molar-refractivity contribution in [3.05, 3.63) is 59.7 Å². The van der Waals surface area contributed by atoms with Crippen molar-refractivity contribution in [2.75, 3.05) is 25.5 Å². The summed E-state index contributed by atoms with van der Waals surface area (Å²) in [6, 6.07) is 14.5. The van der Waals surface area contributed by atoms with Gasteiger partial charge in [0, 0.05) is 18.3 Å². The Balaban J connectivity index is 1.54. The molecule has 148 valence electrons. The molecule has 0 fully saturated rings. The summed E-state index contributed by atoms with van der Waals surface area (Å²) in [4.78, 5) is 25.4. The van der Waals surface area contributed by atoms with Gasteiger partial charge in [-0.25, -0.2) is 0 Å². The molecule has 2 aromatic carbocycles.